The van der Waals surface area contributed by atoms with Crippen LogP contribution in [0.5, 0.6) is 0 Å². The van der Waals surface area contributed by atoms with E-state index in [0.29, 0.717) is 6.04 Å². The first-order valence-electron chi connectivity index (χ1n) is 9.92. The molecule has 0 aliphatic carbocycles. The zero-order valence-corrected chi connectivity index (χ0v) is 17.7. The van der Waals surface area contributed by atoms with Crippen LogP contribution in [0.15, 0.2) is 48.5 Å². The van der Waals surface area contributed by atoms with E-state index in [4.69, 9.17) is 0 Å². The van der Waals surface area contributed by atoms with Gasteiger partial charge >= 0.3 is 0 Å². The van der Waals surface area contributed by atoms with Gasteiger partial charge in [-0.2, -0.15) is 4.58 Å². The van der Waals surface area contributed by atoms with Crippen molar-refractivity contribution in [3.63, 3.8) is 0 Å². The molecular weight excluding hydrogens is 328 g/mol. The molecule has 0 spiro atoms. The third-order valence-electron chi connectivity index (χ3n) is 7.09. The second-order valence-electron chi connectivity index (χ2n) is 9.20. The average molecular weight is 360 g/mol. The van der Waals surface area contributed by atoms with E-state index in [1.54, 1.807) is 0 Å². The predicted molar refractivity (Wildman–Crippen MR) is 117 cm³/mol. The van der Waals surface area contributed by atoms with Crippen LogP contribution in [0.25, 0.3) is 6.08 Å². The highest BCUT2D eigenvalue weighted by Gasteiger charge is 2.43. The van der Waals surface area contributed by atoms with Gasteiger partial charge in [0.1, 0.15) is 7.05 Å². The molecule has 1 atom stereocenters. The fourth-order valence-corrected chi connectivity index (χ4v) is 4.88. The van der Waals surface area contributed by atoms with Crippen LogP contribution in [0.4, 0.5) is 11.4 Å². The summed E-state index contributed by atoms with van der Waals surface area (Å²) in [7, 11) is 4.38. The summed E-state index contributed by atoms with van der Waals surface area (Å²) in [5.41, 5.74) is 8.33. The highest BCUT2D eigenvalue weighted by atomic mass is 15.2. The normalized spacial score (nSPS) is 22.5. The van der Waals surface area contributed by atoms with E-state index in [1.165, 1.54) is 33.8 Å². The maximum atomic E-state index is 2.40. The van der Waals surface area contributed by atoms with Crippen molar-refractivity contribution < 1.29 is 4.58 Å². The van der Waals surface area contributed by atoms with Gasteiger partial charge in [0.2, 0.25) is 5.69 Å². The number of likely N-dealkylation sites (N-methyl/N-ethyl adjacent to an activating group) is 1. The number of hydrogen-bond acceptors (Lipinski definition) is 1. The van der Waals surface area contributed by atoms with Gasteiger partial charge in [-0.1, -0.05) is 38.1 Å². The molecule has 140 valence electrons. The summed E-state index contributed by atoms with van der Waals surface area (Å²) in [6.07, 6.45) is 4.58. The molecule has 2 heterocycles. The number of hydrogen-bond donors (Lipinski definition) is 0. The number of rotatable bonds is 2. The highest BCUT2D eigenvalue weighted by molar-refractivity contribution is 6.05. The van der Waals surface area contributed by atoms with E-state index < -0.39 is 0 Å². The number of fused-ring (bicyclic) bond motifs is 2. The zero-order valence-electron chi connectivity index (χ0n) is 17.7. The van der Waals surface area contributed by atoms with Crippen molar-refractivity contribution in [2.45, 2.75) is 51.5 Å². The van der Waals surface area contributed by atoms with Crippen LogP contribution >= 0.6 is 0 Å². The lowest BCUT2D eigenvalue weighted by atomic mass is 9.80. The minimum atomic E-state index is 0.0204. The predicted octanol–water partition coefficient (Wildman–Crippen LogP) is 5.52. The first kappa shape index (κ1) is 18.0. The maximum Gasteiger partial charge on any atom is 0.209 e. The van der Waals surface area contributed by atoms with Gasteiger partial charge in [-0.15, -0.1) is 0 Å². The first-order valence-corrected chi connectivity index (χ1v) is 9.92. The Labute approximate surface area is 163 Å². The Hall–Kier alpha value is -2.35. The topological polar surface area (TPSA) is 6.25 Å². The largest absolute Gasteiger partial charge is 0.371 e. The van der Waals surface area contributed by atoms with Gasteiger partial charge in [0.05, 0.1) is 5.41 Å². The second kappa shape index (κ2) is 5.82. The Morgan fingerprint density at radius 1 is 0.963 bits per heavy atom. The number of allylic oxidation sites excluding steroid dienone is 1. The molecule has 4 rings (SSSR count). The van der Waals surface area contributed by atoms with Crippen LogP contribution in [-0.2, 0) is 10.8 Å². The molecule has 2 aliphatic rings. The van der Waals surface area contributed by atoms with Gasteiger partial charge < -0.3 is 4.90 Å². The number of para-hydroxylation sites is 1. The molecule has 2 aliphatic heterocycles. The van der Waals surface area contributed by atoms with Gasteiger partial charge in [-0.25, -0.2) is 0 Å². The minimum Gasteiger partial charge on any atom is -0.371 e. The molecule has 1 unspecified atom stereocenters. The lowest BCUT2D eigenvalue weighted by Crippen LogP contribution is -2.36. The Morgan fingerprint density at radius 2 is 1.67 bits per heavy atom. The SMILES string of the molecule is CC1N(C)c2ccc(C=CC3=[N+](C)c4ccccc4C3(C)C)cc2C1(C)C. The van der Waals surface area contributed by atoms with Crippen molar-refractivity contribution in [2.75, 3.05) is 19.0 Å². The Bertz CT molecular complexity index is 976. The number of nitrogens with zero attached hydrogens (tertiary/aromatic N) is 2. The third kappa shape index (κ3) is 2.50. The number of anilines is 1. The quantitative estimate of drug-likeness (QED) is 0.640. The van der Waals surface area contributed by atoms with Crippen molar-refractivity contribution in [3.05, 3.63) is 65.2 Å². The van der Waals surface area contributed by atoms with Crippen LogP contribution in [0.1, 0.15) is 51.3 Å². The second-order valence-corrected chi connectivity index (χ2v) is 9.20. The molecule has 2 aromatic carbocycles. The number of benzene rings is 2. The fourth-order valence-electron chi connectivity index (χ4n) is 4.88. The molecule has 0 saturated carbocycles. The molecular formula is C25H31N2+. The Balaban J connectivity index is 1.72. The highest BCUT2D eigenvalue weighted by Crippen LogP contribution is 2.44. The summed E-state index contributed by atoms with van der Waals surface area (Å²) < 4.78 is 2.33. The van der Waals surface area contributed by atoms with Crippen molar-refractivity contribution in [1.29, 1.82) is 0 Å². The Kier molecular flexibility index (Phi) is 3.89. The van der Waals surface area contributed by atoms with E-state index in [-0.39, 0.29) is 10.8 Å². The first-order chi connectivity index (χ1) is 12.7. The van der Waals surface area contributed by atoms with Gasteiger partial charge in [-0.05, 0) is 50.1 Å². The van der Waals surface area contributed by atoms with E-state index in [2.05, 4.69) is 113 Å². The maximum absolute atomic E-state index is 2.40. The van der Waals surface area contributed by atoms with Crippen molar-refractivity contribution in [1.82, 2.24) is 0 Å². The van der Waals surface area contributed by atoms with Gasteiger partial charge in [0.25, 0.3) is 0 Å². The molecule has 0 bridgehead atoms. The molecule has 0 fully saturated rings. The summed E-state index contributed by atoms with van der Waals surface area (Å²) >= 11 is 0. The lowest BCUT2D eigenvalue weighted by molar-refractivity contribution is -0.401. The van der Waals surface area contributed by atoms with Gasteiger partial charge in [0.15, 0.2) is 5.71 Å². The summed E-state index contributed by atoms with van der Waals surface area (Å²) in [6.45, 7) is 11.7. The standard InChI is InChI=1S/C25H31N2/c1-17-24(2,3)20-16-18(12-14-22(20)26(17)6)13-15-23-25(4,5)19-10-8-9-11-21(19)27(23)7/h8-17H,1-7H3/q+1. The summed E-state index contributed by atoms with van der Waals surface area (Å²) in [5.74, 6) is 0. The van der Waals surface area contributed by atoms with E-state index in [0.717, 1.165) is 0 Å². The molecule has 2 aromatic rings. The Morgan fingerprint density at radius 3 is 2.37 bits per heavy atom. The van der Waals surface area contributed by atoms with Crippen LogP contribution in [0.3, 0.4) is 0 Å². The van der Waals surface area contributed by atoms with Crippen LogP contribution in [0, 0.1) is 0 Å². The monoisotopic (exact) mass is 359 g/mol. The van der Waals surface area contributed by atoms with Crippen molar-refractivity contribution in [2.24, 2.45) is 0 Å². The molecule has 0 amide bonds. The van der Waals surface area contributed by atoms with Crippen LogP contribution < -0.4 is 4.90 Å². The van der Waals surface area contributed by atoms with Crippen LogP contribution in [0.2, 0.25) is 0 Å². The lowest BCUT2D eigenvalue weighted by Gasteiger charge is -2.28. The van der Waals surface area contributed by atoms with E-state index >= 15 is 0 Å². The van der Waals surface area contributed by atoms with Gasteiger partial charge in [0, 0.05) is 41.9 Å². The van der Waals surface area contributed by atoms with Crippen LogP contribution in [-0.4, -0.2) is 30.4 Å². The summed E-state index contributed by atoms with van der Waals surface area (Å²) in [5, 5.41) is 0. The molecule has 2 heteroatoms. The van der Waals surface area contributed by atoms with E-state index in [1.807, 2.05) is 0 Å². The fraction of sp³-hybridized carbons (Fsp3) is 0.400. The molecule has 0 radical (unpaired) electrons. The molecule has 27 heavy (non-hydrogen) atoms. The molecule has 2 nitrogen and oxygen atoms in total. The van der Waals surface area contributed by atoms with Gasteiger partial charge in [-0.3, -0.25) is 0 Å². The zero-order chi connectivity index (χ0) is 19.6. The van der Waals surface area contributed by atoms with Crippen molar-refractivity contribution in [3.8, 4) is 0 Å². The summed E-state index contributed by atoms with van der Waals surface area (Å²) in [4.78, 5) is 2.40. The minimum absolute atomic E-state index is 0.0204. The molecule has 0 saturated heterocycles. The van der Waals surface area contributed by atoms with E-state index in [9.17, 15) is 0 Å². The third-order valence-corrected chi connectivity index (χ3v) is 7.09. The average Bonchev–Trinajstić information content (AvgIpc) is 2.94. The molecule has 0 N–H and O–H groups in total. The summed E-state index contributed by atoms with van der Waals surface area (Å²) in [6, 6.07) is 16.1. The molecule has 0 aromatic heterocycles. The smallest absolute Gasteiger partial charge is 0.209 e. The van der Waals surface area contributed by atoms with Crippen molar-refractivity contribution >= 4 is 23.2 Å².